The number of ether oxygens (including phenoxy) is 2. The van der Waals surface area contributed by atoms with Gasteiger partial charge in [-0.25, -0.2) is 0 Å². The maximum absolute atomic E-state index is 13.4. The van der Waals surface area contributed by atoms with Crippen LogP contribution in [0.25, 0.3) is 0 Å². The van der Waals surface area contributed by atoms with Crippen molar-refractivity contribution in [3.63, 3.8) is 0 Å². The number of quaternary nitrogens is 1. The number of nitrogens with zero attached hydrogens (tertiary/aromatic N) is 2. The molecule has 0 rings (SSSR count). The van der Waals surface area contributed by atoms with Crippen LogP contribution < -0.4 is 17.0 Å². The predicted molar refractivity (Wildman–Crippen MR) is 232 cm³/mol. The smallest absolute Gasteiger partial charge is 0.305 e. The van der Waals surface area contributed by atoms with Gasteiger partial charge in [0.1, 0.15) is 26.3 Å². The van der Waals surface area contributed by atoms with Gasteiger partial charge in [0.15, 0.2) is 6.54 Å². The number of aliphatic hydroxyl groups is 2. The monoisotopic (exact) mass is 873 g/mol. The van der Waals surface area contributed by atoms with E-state index in [0.717, 1.165) is 51.4 Å². The van der Waals surface area contributed by atoms with E-state index >= 15 is 0 Å². The van der Waals surface area contributed by atoms with Crippen LogP contribution in [0.2, 0.25) is 0 Å². The lowest BCUT2D eigenvalue weighted by molar-refractivity contribution is -0.902. The van der Waals surface area contributed by atoms with Crippen molar-refractivity contribution in [2.75, 3.05) is 66.2 Å². The first-order chi connectivity index (χ1) is 27.3. The minimum absolute atomic E-state index is 0. The Morgan fingerprint density at radius 2 is 0.825 bits per heavy atom. The third kappa shape index (κ3) is 39.5. The summed E-state index contributed by atoms with van der Waals surface area (Å²) in [5.41, 5.74) is 0. The fourth-order valence-electron chi connectivity index (χ4n) is 6.90. The molecule has 0 aromatic heterocycles. The van der Waals surface area contributed by atoms with Crippen molar-refractivity contribution >= 4 is 17.8 Å². The molecule has 0 saturated heterocycles. The molecule has 2 N–H and O–H groups in total. The van der Waals surface area contributed by atoms with E-state index in [1.165, 1.54) is 116 Å². The summed E-state index contributed by atoms with van der Waals surface area (Å²) in [4.78, 5) is 39.8. The van der Waals surface area contributed by atoms with Gasteiger partial charge in [-0.2, -0.15) is 0 Å². The zero-order valence-corrected chi connectivity index (χ0v) is 38.8. The maximum atomic E-state index is 13.4. The summed E-state index contributed by atoms with van der Waals surface area (Å²) in [5.74, 6) is -0.721. The molecular weight excluding hydrogens is 784 g/mol. The number of hydrogen-bond acceptors (Lipinski definition) is 7. The third-order valence-electron chi connectivity index (χ3n) is 10.7. The van der Waals surface area contributed by atoms with Crippen LogP contribution in [0.3, 0.4) is 0 Å². The lowest BCUT2D eigenvalue weighted by Gasteiger charge is -2.34. The number of allylic oxidation sites excluding steroid dienone is 4. The molecule has 0 aromatic rings. The molecule has 0 aliphatic rings. The number of hydrogen-bond donors (Lipinski definition) is 2. The topological polar surface area (TPSA) is 113 Å². The van der Waals surface area contributed by atoms with Crippen LogP contribution in [-0.2, 0) is 23.9 Å². The Labute approximate surface area is 361 Å². The van der Waals surface area contributed by atoms with Gasteiger partial charge in [0.25, 0.3) is 5.91 Å². The molecule has 0 aliphatic carbocycles. The van der Waals surface area contributed by atoms with E-state index in [-0.39, 0.29) is 85.4 Å². The number of unbranched alkanes of at least 4 members (excludes halogenated alkanes) is 22. The summed E-state index contributed by atoms with van der Waals surface area (Å²) in [6, 6.07) is 0. The minimum Gasteiger partial charge on any atom is -1.00 e. The molecule has 10 heteroatoms. The highest BCUT2D eigenvalue weighted by Crippen LogP contribution is 2.13. The fourth-order valence-corrected chi connectivity index (χ4v) is 6.90. The van der Waals surface area contributed by atoms with Crippen molar-refractivity contribution in [3.8, 4) is 0 Å². The molecule has 0 saturated carbocycles. The van der Waals surface area contributed by atoms with Gasteiger partial charge < -0.3 is 46.1 Å². The molecular formula is C47H89BrN2O7. The Balaban J connectivity index is 0. The Bertz CT molecular complexity index is 913. The van der Waals surface area contributed by atoms with Crippen molar-refractivity contribution in [1.29, 1.82) is 0 Å². The quantitative estimate of drug-likeness (QED) is 0.0285. The molecule has 0 aromatic carbocycles. The number of carbonyl (C=O) groups is 3. The highest BCUT2D eigenvalue weighted by molar-refractivity contribution is 5.77. The van der Waals surface area contributed by atoms with Crippen LogP contribution in [0.5, 0.6) is 0 Å². The Kier molecular flexibility index (Phi) is 44.1. The van der Waals surface area contributed by atoms with E-state index in [0.29, 0.717) is 25.9 Å². The van der Waals surface area contributed by atoms with E-state index in [2.05, 4.69) is 38.2 Å². The van der Waals surface area contributed by atoms with Gasteiger partial charge in [-0.05, 0) is 64.2 Å². The van der Waals surface area contributed by atoms with Crippen molar-refractivity contribution in [1.82, 2.24) is 4.90 Å². The van der Waals surface area contributed by atoms with Crippen LogP contribution in [0, 0.1) is 0 Å². The van der Waals surface area contributed by atoms with E-state index < -0.39 is 0 Å². The zero-order valence-electron chi connectivity index (χ0n) is 37.2. The summed E-state index contributed by atoms with van der Waals surface area (Å²) < 4.78 is 11.2. The Morgan fingerprint density at radius 1 is 0.509 bits per heavy atom. The summed E-state index contributed by atoms with van der Waals surface area (Å²) in [6.07, 6.45) is 41.2. The molecule has 9 nitrogen and oxygen atoms in total. The molecule has 0 unspecified atom stereocenters. The lowest BCUT2D eigenvalue weighted by Crippen LogP contribution is -3.00. The molecule has 0 spiro atoms. The number of amides is 1. The second-order valence-corrected chi connectivity index (χ2v) is 16.2. The van der Waals surface area contributed by atoms with E-state index in [4.69, 9.17) is 9.47 Å². The van der Waals surface area contributed by atoms with Crippen LogP contribution in [0.4, 0.5) is 0 Å². The van der Waals surface area contributed by atoms with Crippen LogP contribution in [0.1, 0.15) is 194 Å². The van der Waals surface area contributed by atoms with Gasteiger partial charge in [0.2, 0.25) is 0 Å². The summed E-state index contributed by atoms with van der Waals surface area (Å²) >= 11 is 0. The highest BCUT2D eigenvalue weighted by atomic mass is 79.9. The molecule has 0 aliphatic heterocycles. The second-order valence-electron chi connectivity index (χ2n) is 16.2. The van der Waals surface area contributed by atoms with Gasteiger partial charge in [-0.15, -0.1) is 0 Å². The summed E-state index contributed by atoms with van der Waals surface area (Å²) in [7, 11) is 1.82. The number of halogens is 1. The average Bonchev–Trinajstić information content (AvgIpc) is 3.17. The van der Waals surface area contributed by atoms with E-state index in [9.17, 15) is 24.6 Å². The average molecular weight is 874 g/mol. The van der Waals surface area contributed by atoms with Crippen molar-refractivity contribution in [2.24, 2.45) is 0 Å². The van der Waals surface area contributed by atoms with Crippen molar-refractivity contribution < 1.29 is 55.5 Å². The van der Waals surface area contributed by atoms with Crippen LogP contribution in [-0.4, -0.2) is 104 Å². The molecule has 57 heavy (non-hydrogen) atoms. The zero-order chi connectivity index (χ0) is 41.2. The van der Waals surface area contributed by atoms with Gasteiger partial charge in [0, 0.05) is 12.8 Å². The first kappa shape index (κ1) is 57.3. The SMILES string of the molecule is CCCCCCCC/C=C/CCCCCCCC(=O)OCCN(CCOC(=O)CCCCCCC/C=C/CCCCCCCC)C(=O)C[N+](C)(CCO)CCO.[Br-]. The van der Waals surface area contributed by atoms with Crippen LogP contribution >= 0.6 is 0 Å². The Hall–Kier alpha value is -1.75. The number of aliphatic hydroxyl groups excluding tert-OH is 2. The van der Waals surface area contributed by atoms with Gasteiger partial charge >= 0.3 is 11.9 Å². The maximum Gasteiger partial charge on any atom is 0.305 e. The molecule has 0 bridgehead atoms. The fraction of sp³-hybridized carbons (Fsp3) is 0.851. The van der Waals surface area contributed by atoms with Gasteiger partial charge in [-0.3, -0.25) is 14.4 Å². The first-order valence-corrected chi connectivity index (χ1v) is 23.3. The number of likely N-dealkylation sites (N-methyl/N-ethyl adjacent to an activating group) is 1. The van der Waals surface area contributed by atoms with E-state index in [1.807, 2.05) is 7.05 Å². The van der Waals surface area contributed by atoms with Crippen molar-refractivity contribution in [3.05, 3.63) is 24.3 Å². The first-order valence-electron chi connectivity index (χ1n) is 23.3. The largest absolute Gasteiger partial charge is 1.00 e. The lowest BCUT2D eigenvalue weighted by atomic mass is 10.1. The minimum atomic E-state index is -0.261. The Morgan fingerprint density at radius 3 is 1.16 bits per heavy atom. The number of carbonyl (C=O) groups excluding carboxylic acids is 3. The van der Waals surface area contributed by atoms with Gasteiger partial charge in [0.05, 0.1) is 33.4 Å². The van der Waals surface area contributed by atoms with Crippen LogP contribution in [0.15, 0.2) is 24.3 Å². The molecule has 0 heterocycles. The number of rotatable bonds is 42. The number of esters is 2. The standard InChI is InChI=1S/C47H89N2O7.BrH/c1-4-6-8-10-12-14-16-18-20-22-24-26-28-30-32-34-46(53)55-42-36-48(45(52)44-49(3,38-40-50)39-41-51)37-43-56-47(54)35-33-31-29-27-25-23-21-19-17-15-13-11-9-7-5-2;/h18-21,50-51H,4-17,22-44H2,1-3H3;1H/q+1;/p-1/b20-18+,21-19+;. The second kappa shape index (κ2) is 43.8. The summed E-state index contributed by atoms with van der Waals surface area (Å²) in [5, 5.41) is 19.1. The predicted octanol–water partition coefficient (Wildman–Crippen LogP) is 7.41. The molecule has 1 amide bonds. The third-order valence-corrected chi connectivity index (χ3v) is 10.7. The molecule has 0 atom stereocenters. The molecule has 0 radical (unpaired) electrons. The highest BCUT2D eigenvalue weighted by Gasteiger charge is 2.28. The van der Waals surface area contributed by atoms with Crippen molar-refractivity contribution in [2.45, 2.75) is 194 Å². The molecule has 336 valence electrons. The van der Waals surface area contributed by atoms with Gasteiger partial charge in [-0.1, -0.05) is 141 Å². The van der Waals surface area contributed by atoms with E-state index in [1.54, 1.807) is 4.90 Å². The molecule has 0 fully saturated rings. The normalized spacial score (nSPS) is 11.7. The summed E-state index contributed by atoms with van der Waals surface area (Å²) in [6.45, 7) is 5.57.